The van der Waals surface area contributed by atoms with E-state index in [-0.39, 0.29) is 5.91 Å². The van der Waals surface area contributed by atoms with Crippen LogP contribution < -0.4 is 11.1 Å². The molecule has 0 saturated heterocycles. The van der Waals surface area contributed by atoms with Gasteiger partial charge < -0.3 is 10.7 Å². The first-order valence-corrected chi connectivity index (χ1v) is 8.73. The molecule has 0 aliphatic heterocycles. The molecule has 0 spiro atoms. The molecule has 128 valence electrons. The van der Waals surface area contributed by atoms with Crippen molar-refractivity contribution in [1.82, 2.24) is 9.97 Å². The average Bonchev–Trinajstić information content (AvgIpc) is 3.30. The Morgan fingerprint density at radius 3 is 2.73 bits per heavy atom. The third-order valence-corrected chi connectivity index (χ3v) is 4.76. The number of aromatic nitrogens is 2. The number of carbonyl (C=O) groups is 2. The first-order chi connectivity index (χ1) is 12.6. The highest BCUT2D eigenvalue weighted by Gasteiger charge is 2.13. The molecule has 4 rings (SSSR count). The third-order valence-electron chi connectivity index (χ3n) is 4.00. The summed E-state index contributed by atoms with van der Waals surface area (Å²) in [6.07, 6.45) is 1.66. The highest BCUT2D eigenvalue weighted by atomic mass is 32.1. The Morgan fingerprint density at radius 1 is 1.12 bits per heavy atom. The van der Waals surface area contributed by atoms with Gasteiger partial charge in [0.1, 0.15) is 5.69 Å². The summed E-state index contributed by atoms with van der Waals surface area (Å²) >= 11 is 1.32. The van der Waals surface area contributed by atoms with Crippen molar-refractivity contribution in [3.63, 3.8) is 0 Å². The van der Waals surface area contributed by atoms with Crippen LogP contribution in [0.4, 0.5) is 5.13 Å². The minimum atomic E-state index is -0.532. The fraction of sp³-hybridized carbons (Fsp3) is 0. The van der Waals surface area contributed by atoms with Crippen molar-refractivity contribution in [2.45, 2.75) is 0 Å². The summed E-state index contributed by atoms with van der Waals surface area (Å²) in [7, 11) is 0. The number of benzene rings is 2. The quantitative estimate of drug-likeness (QED) is 0.516. The second kappa shape index (κ2) is 6.45. The average molecular weight is 362 g/mol. The molecular weight excluding hydrogens is 348 g/mol. The molecule has 4 aromatic rings. The molecule has 2 amide bonds. The van der Waals surface area contributed by atoms with Crippen molar-refractivity contribution in [2.24, 2.45) is 5.73 Å². The molecule has 0 aliphatic rings. The van der Waals surface area contributed by atoms with E-state index in [2.05, 4.69) is 15.3 Å². The monoisotopic (exact) mass is 362 g/mol. The minimum Gasteiger partial charge on any atom is -0.364 e. The zero-order valence-corrected chi connectivity index (χ0v) is 14.3. The van der Waals surface area contributed by atoms with Crippen LogP contribution in [-0.2, 0) is 0 Å². The van der Waals surface area contributed by atoms with Gasteiger partial charge in [-0.05, 0) is 22.9 Å². The van der Waals surface area contributed by atoms with Gasteiger partial charge in [-0.15, -0.1) is 11.3 Å². The van der Waals surface area contributed by atoms with Gasteiger partial charge in [0.15, 0.2) is 5.13 Å². The lowest BCUT2D eigenvalue weighted by Gasteiger charge is -2.05. The van der Waals surface area contributed by atoms with Gasteiger partial charge in [0.2, 0.25) is 0 Å². The minimum absolute atomic E-state index is 0.213. The number of anilines is 1. The number of nitrogens with two attached hydrogens (primary N) is 1. The summed E-state index contributed by atoms with van der Waals surface area (Å²) in [6, 6.07) is 15.0. The lowest BCUT2D eigenvalue weighted by Crippen LogP contribution is -2.12. The molecular formula is C19H14N4O2S. The number of aromatic amines is 1. The van der Waals surface area contributed by atoms with Gasteiger partial charge in [-0.1, -0.05) is 36.4 Å². The van der Waals surface area contributed by atoms with E-state index in [0.29, 0.717) is 22.1 Å². The number of rotatable bonds is 4. The molecule has 0 unspecified atom stereocenters. The molecule has 0 atom stereocenters. The number of hydrogen-bond donors (Lipinski definition) is 3. The fourth-order valence-corrected chi connectivity index (χ4v) is 3.45. The predicted octanol–water partition coefficient (Wildman–Crippen LogP) is 3.64. The molecule has 2 heterocycles. The number of fused-ring (bicyclic) bond motifs is 1. The van der Waals surface area contributed by atoms with E-state index in [1.165, 1.54) is 11.3 Å². The molecule has 0 aliphatic carbocycles. The van der Waals surface area contributed by atoms with Gasteiger partial charge in [0.05, 0.1) is 5.69 Å². The smallest absolute Gasteiger partial charge is 0.265 e. The molecule has 2 aromatic heterocycles. The van der Waals surface area contributed by atoms with Crippen LogP contribution in [0.25, 0.3) is 22.0 Å². The number of nitrogens with zero attached hydrogens (tertiary/aromatic N) is 1. The third kappa shape index (κ3) is 2.96. The van der Waals surface area contributed by atoms with Crippen LogP contribution >= 0.6 is 11.3 Å². The number of thiazole rings is 1. The van der Waals surface area contributed by atoms with E-state index in [1.807, 2.05) is 41.8 Å². The maximum Gasteiger partial charge on any atom is 0.265 e. The van der Waals surface area contributed by atoms with Crippen LogP contribution in [-0.4, -0.2) is 21.8 Å². The van der Waals surface area contributed by atoms with Gasteiger partial charge in [-0.25, -0.2) is 4.98 Å². The number of amides is 2. The van der Waals surface area contributed by atoms with Crippen molar-refractivity contribution >= 4 is 39.1 Å². The second-order valence-corrected chi connectivity index (χ2v) is 6.54. The van der Waals surface area contributed by atoms with Crippen molar-refractivity contribution in [1.29, 1.82) is 0 Å². The maximum absolute atomic E-state index is 12.7. The SMILES string of the molecule is NC(=O)c1cc(-c2csc(NC(=O)c3cccc4ccccc34)n2)c[nH]1. The van der Waals surface area contributed by atoms with E-state index in [4.69, 9.17) is 5.73 Å². The van der Waals surface area contributed by atoms with Crippen LogP contribution in [0.3, 0.4) is 0 Å². The molecule has 0 fully saturated rings. The summed E-state index contributed by atoms with van der Waals surface area (Å²) in [5.41, 5.74) is 7.55. The number of primary amides is 1. The Morgan fingerprint density at radius 2 is 1.92 bits per heavy atom. The fourth-order valence-electron chi connectivity index (χ4n) is 2.74. The molecule has 26 heavy (non-hydrogen) atoms. The van der Waals surface area contributed by atoms with Crippen molar-refractivity contribution in [3.05, 3.63) is 71.4 Å². The van der Waals surface area contributed by atoms with E-state index < -0.39 is 5.91 Å². The zero-order chi connectivity index (χ0) is 18.1. The number of nitrogens with one attached hydrogen (secondary N) is 2. The standard InChI is InChI=1S/C19H14N4O2S/c20-17(24)15-8-12(9-21-15)16-10-26-19(22-16)23-18(25)14-7-3-5-11-4-1-2-6-13(11)14/h1-10,21H,(H2,20,24)(H,22,23,25). The van der Waals surface area contributed by atoms with Gasteiger partial charge in [-0.2, -0.15) is 0 Å². The Bertz CT molecular complexity index is 1120. The Hall–Kier alpha value is -3.45. The Balaban J connectivity index is 1.58. The lowest BCUT2D eigenvalue weighted by molar-refractivity contribution is 0.0994. The van der Waals surface area contributed by atoms with Crippen molar-refractivity contribution in [2.75, 3.05) is 5.32 Å². The van der Waals surface area contributed by atoms with Gasteiger partial charge in [0, 0.05) is 22.7 Å². The molecule has 6 nitrogen and oxygen atoms in total. The van der Waals surface area contributed by atoms with Crippen LogP contribution in [0.1, 0.15) is 20.8 Å². The number of hydrogen-bond acceptors (Lipinski definition) is 4. The van der Waals surface area contributed by atoms with Crippen LogP contribution in [0.15, 0.2) is 60.1 Å². The van der Waals surface area contributed by atoms with Gasteiger partial charge in [-0.3, -0.25) is 14.9 Å². The topological polar surface area (TPSA) is 101 Å². The summed E-state index contributed by atoms with van der Waals surface area (Å²) in [6.45, 7) is 0. The van der Waals surface area contributed by atoms with E-state index in [1.54, 1.807) is 18.3 Å². The highest BCUT2D eigenvalue weighted by Crippen LogP contribution is 2.26. The van der Waals surface area contributed by atoms with Crippen molar-refractivity contribution < 1.29 is 9.59 Å². The summed E-state index contributed by atoms with van der Waals surface area (Å²) in [5.74, 6) is -0.745. The molecule has 0 saturated carbocycles. The summed E-state index contributed by atoms with van der Waals surface area (Å²) < 4.78 is 0. The Kier molecular flexibility index (Phi) is 3.98. The van der Waals surface area contributed by atoms with Gasteiger partial charge in [0.25, 0.3) is 11.8 Å². The van der Waals surface area contributed by atoms with Crippen LogP contribution in [0, 0.1) is 0 Å². The van der Waals surface area contributed by atoms with Crippen LogP contribution in [0.5, 0.6) is 0 Å². The van der Waals surface area contributed by atoms with E-state index >= 15 is 0 Å². The molecule has 0 bridgehead atoms. The largest absolute Gasteiger partial charge is 0.364 e. The first-order valence-electron chi connectivity index (χ1n) is 7.85. The molecule has 2 aromatic carbocycles. The second-order valence-electron chi connectivity index (χ2n) is 5.69. The Labute approximate surface area is 152 Å². The summed E-state index contributed by atoms with van der Waals surface area (Å²) in [4.78, 5) is 31.0. The van der Waals surface area contributed by atoms with E-state index in [9.17, 15) is 9.59 Å². The molecule has 4 N–H and O–H groups in total. The molecule has 7 heteroatoms. The maximum atomic E-state index is 12.7. The predicted molar refractivity (Wildman–Crippen MR) is 102 cm³/mol. The van der Waals surface area contributed by atoms with E-state index in [0.717, 1.165) is 16.3 Å². The number of carbonyl (C=O) groups excluding carboxylic acids is 2. The normalized spacial score (nSPS) is 10.8. The van der Waals surface area contributed by atoms with Crippen molar-refractivity contribution in [3.8, 4) is 11.3 Å². The van der Waals surface area contributed by atoms with Crippen LogP contribution in [0.2, 0.25) is 0 Å². The molecule has 0 radical (unpaired) electrons. The summed E-state index contributed by atoms with van der Waals surface area (Å²) in [5, 5.41) is 7.03. The lowest BCUT2D eigenvalue weighted by atomic mass is 10.0. The highest BCUT2D eigenvalue weighted by molar-refractivity contribution is 7.14. The van der Waals surface area contributed by atoms with Gasteiger partial charge >= 0.3 is 0 Å². The zero-order valence-electron chi connectivity index (χ0n) is 13.5. The number of H-pyrrole nitrogens is 1. The first kappa shape index (κ1) is 16.0.